The number of carbonyl (C=O) groups excluding carboxylic acids is 1. The maximum atomic E-state index is 12.9. The minimum Gasteiger partial charge on any atom is -0.377 e. The third-order valence-corrected chi connectivity index (χ3v) is 7.54. The quantitative estimate of drug-likeness (QED) is 0.302. The van der Waals surface area contributed by atoms with Crippen LogP contribution < -0.4 is 20.9 Å². The summed E-state index contributed by atoms with van der Waals surface area (Å²) in [5.74, 6) is 2.13. The van der Waals surface area contributed by atoms with Gasteiger partial charge in [0.1, 0.15) is 5.82 Å². The van der Waals surface area contributed by atoms with Crippen LogP contribution in [0.4, 0.5) is 22.0 Å². The predicted molar refractivity (Wildman–Crippen MR) is 157 cm³/mol. The minimum atomic E-state index is -0.105. The molecule has 37 heavy (non-hydrogen) atoms. The van der Waals surface area contributed by atoms with E-state index in [9.17, 15) is 4.79 Å². The highest BCUT2D eigenvalue weighted by Crippen LogP contribution is 2.33. The Hall–Kier alpha value is -3.28. The topological polar surface area (TPSA) is 69.3 Å². The molecule has 0 unspecified atom stereocenters. The molecular weight excluding hydrogens is 458 g/mol. The lowest BCUT2D eigenvalue weighted by Crippen LogP contribution is -2.36. The van der Waals surface area contributed by atoms with Gasteiger partial charge in [0.15, 0.2) is 0 Å². The van der Waals surface area contributed by atoms with Gasteiger partial charge in [-0.1, -0.05) is 64.1 Å². The van der Waals surface area contributed by atoms with Gasteiger partial charge in [0.2, 0.25) is 0 Å². The van der Waals surface area contributed by atoms with Crippen molar-refractivity contribution in [2.75, 3.05) is 36.2 Å². The number of nitrogens with one attached hydrogen (secondary N) is 3. The summed E-state index contributed by atoms with van der Waals surface area (Å²) in [5, 5.41) is 11.2. The highest BCUT2D eigenvalue weighted by atomic mass is 16.2. The first-order valence-corrected chi connectivity index (χ1v) is 13.7. The molecule has 2 aromatic carbocycles. The second kappa shape index (κ2) is 11.8. The smallest absolute Gasteiger partial charge is 0.319 e. The normalized spacial score (nSPS) is 17.7. The Kier molecular flexibility index (Phi) is 8.57. The summed E-state index contributed by atoms with van der Waals surface area (Å²) < 4.78 is 0. The van der Waals surface area contributed by atoms with Crippen LogP contribution >= 0.6 is 0 Å². The molecule has 0 spiro atoms. The number of rotatable bonds is 8. The zero-order valence-electron chi connectivity index (χ0n) is 23.3. The summed E-state index contributed by atoms with van der Waals surface area (Å²) in [7, 11) is 4.15. The Morgan fingerprint density at radius 2 is 1.59 bits per heavy atom. The van der Waals surface area contributed by atoms with Crippen molar-refractivity contribution in [3.63, 3.8) is 0 Å². The largest absolute Gasteiger partial charge is 0.377 e. The van der Waals surface area contributed by atoms with E-state index in [0.717, 1.165) is 42.7 Å². The molecule has 1 aliphatic carbocycles. The summed E-state index contributed by atoms with van der Waals surface area (Å²) in [5.41, 5.74) is 5.54. The highest BCUT2D eigenvalue weighted by molar-refractivity contribution is 5.93. The number of pyridine rings is 1. The number of amides is 2. The molecule has 1 saturated carbocycles. The molecule has 3 N–H and O–H groups in total. The molecule has 4 rings (SSSR count). The maximum Gasteiger partial charge on any atom is 0.319 e. The monoisotopic (exact) mass is 501 g/mol. The average molecular weight is 502 g/mol. The molecular formula is C31H43N5O. The first kappa shape index (κ1) is 26.8. The Morgan fingerprint density at radius 1 is 0.946 bits per heavy atom. The van der Waals surface area contributed by atoms with E-state index >= 15 is 0 Å². The zero-order valence-corrected chi connectivity index (χ0v) is 23.3. The zero-order chi connectivity index (χ0) is 26.5. The molecule has 1 heterocycles. The molecule has 0 atom stereocenters. The van der Waals surface area contributed by atoms with Crippen molar-refractivity contribution in [3.05, 3.63) is 59.7 Å². The fourth-order valence-electron chi connectivity index (χ4n) is 5.41. The number of aromatic nitrogens is 1. The number of carbonyl (C=O) groups is 1. The number of hydrogen-bond acceptors (Lipinski definition) is 4. The molecule has 0 bridgehead atoms. The first-order valence-electron chi connectivity index (χ1n) is 13.7. The SMILES string of the molecule is CC(C)c1cccc(C(C)C)c1NC(=O)NCC1CCC(Nc2cc(N(C)C)c3ccccc3n2)CC1. The number of nitrogens with zero attached hydrogens (tertiary/aromatic N) is 2. The van der Waals surface area contributed by atoms with Gasteiger partial charge in [-0.15, -0.1) is 0 Å². The van der Waals surface area contributed by atoms with Gasteiger partial charge >= 0.3 is 6.03 Å². The molecule has 3 aromatic rings. The van der Waals surface area contributed by atoms with Gasteiger partial charge in [-0.2, -0.15) is 0 Å². The Morgan fingerprint density at radius 3 is 2.22 bits per heavy atom. The van der Waals surface area contributed by atoms with Crippen molar-refractivity contribution < 1.29 is 4.79 Å². The van der Waals surface area contributed by atoms with Crippen LogP contribution in [0.5, 0.6) is 0 Å². The third kappa shape index (κ3) is 6.54. The molecule has 1 fully saturated rings. The van der Waals surface area contributed by atoms with Gasteiger partial charge in [-0.25, -0.2) is 9.78 Å². The number of fused-ring (bicyclic) bond motifs is 1. The molecule has 1 aliphatic rings. The van der Waals surface area contributed by atoms with Crippen molar-refractivity contribution in [1.29, 1.82) is 0 Å². The van der Waals surface area contributed by atoms with Gasteiger partial charge in [-0.05, 0) is 60.6 Å². The lowest BCUT2D eigenvalue weighted by molar-refractivity contribution is 0.246. The molecule has 1 aromatic heterocycles. The Labute approximate surface area is 222 Å². The van der Waals surface area contributed by atoms with Crippen LogP contribution in [0, 0.1) is 5.92 Å². The third-order valence-electron chi connectivity index (χ3n) is 7.54. The van der Waals surface area contributed by atoms with E-state index in [1.54, 1.807) is 0 Å². The van der Waals surface area contributed by atoms with Crippen molar-refractivity contribution in [3.8, 4) is 0 Å². The van der Waals surface area contributed by atoms with Crippen LogP contribution in [0.25, 0.3) is 10.9 Å². The lowest BCUT2D eigenvalue weighted by Gasteiger charge is -2.30. The lowest BCUT2D eigenvalue weighted by atomic mass is 9.86. The van der Waals surface area contributed by atoms with Crippen molar-refractivity contribution in [2.45, 2.75) is 71.3 Å². The van der Waals surface area contributed by atoms with Crippen LogP contribution in [0.2, 0.25) is 0 Å². The van der Waals surface area contributed by atoms with Crippen LogP contribution in [0.3, 0.4) is 0 Å². The minimum absolute atomic E-state index is 0.105. The fraction of sp³-hybridized carbons (Fsp3) is 0.484. The van der Waals surface area contributed by atoms with Crippen molar-refractivity contribution in [1.82, 2.24) is 10.3 Å². The van der Waals surface area contributed by atoms with E-state index in [-0.39, 0.29) is 6.03 Å². The first-order chi connectivity index (χ1) is 17.7. The van der Waals surface area contributed by atoms with Crippen molar-refractivity contribution >= 4 is 34.1 Å². The number of para-hydroxylation sites is 2. The second-order valence-corrected chi connectivity index (χ2v) is 11.3. The second-order valence-electron chi connectivity index (χ2n) is 11.3. The molecule has 6 nitrogen and oxygen atoms in total. The molecule has 0 radical (unpaired) electrons. The molecule has 0 aliphatic heterocycles. The van der Waals surface area contributed by atoms with Gasteiger partial charge in [0.05, 0.1) is 5.52 Å². The Bertz CT molecular complexity index is 1190. The molecule has 6 heteroatoms. The Balaban J connectivity index is 1.31. The number of hydrogen-bond donors (Lipinski definition) is 3. The van der Waals surface area contributed by atoms with Crippen molar-refractivity contribution in [2.24, 2.45) is 5.92 Å². The average Bonchev–Trinajstić information content (AvgIpc) is 2.87. The summed E-state index contributed by atoms with van der Waals surface area (Å²) in [6.45, 7) is 9.39. The maximum absolute atomic E-state index is 12.9. The number of anilines is 3. The van der Waals surface area contributed by atoms with Gasteiger partial charge in [0, 0.05) is 49.5 Å². The number of benzene rings is 2. The van der Waals surface area contributed by atoms with Crippen LogP contribution in [0.1, 0.15) is 76.3 Å². The van der Waals surface area contributed by atoms with Gasteiger partial charge in [-0.3, -0.25) is 0 Å². The van der Waals surface area contributed by atoms with E-state index in [1.807, 2.05) is 6.07 Å². The predicted octanol–water partition coefficient (Wildman–Crippen LogP) is 7.34. The van der Waals surface area contributed by atoms with Crippen LogP contribution in [-0.2, 0) is 0 Å². The summed E-state index contributed by atoms with van der Waals surface area (Å²) in [4.78, 5) is 19.9. The fourth-order valence-corrected chi connectivity index (χ4v) is 5.41. The van der Waals surface area contributed by atoms with E-state index in [0.29, 0.717) is 30.3 Å². The highest BCUT2D eigenvalue weighted by Gasteiger charge is 2.23. The number of urea groups is 1. The standard InChI is InChI=1S/C31H43N5O/c1-20(2)24-11-9-12-25(21(3)4)30(24)35-31(37)32-19-22-14-16-23(17-15-22)33-29-18-28(36(5)6)26-10-7-8-13-27(26)34-29/h7-13,18,20-23H,14-17,19H2,1-6H3,(H,33,34)(H2,32,35,37). The van der Waals surface area contributed by atoms with Gasteiger partial charge in [0.25, 0.3) is 0 Å². The van der Waals surface area contributed by atoms with E-state index < -0.39 is 0 Å². The van der Waals surface area contributed by atoms with Crippen LogP contribution in [-0.4, -0.2) is 37.7 Å². The van der Waals surface area contributed by atoms with E-state index in [2.05, 4.69) is 105 Å². The van der Waals surface area contributed by atoms with E-state index in [1.165, 1.54) is 22.2 Å². The van der Waals surface area contributed by atoms with Gasteiger partial charge < -0.3 is 20.9 Å². The van der Waals surface area contributed by atoms with E-state index in [4.69, 9.17) is 4.98 Å². The summed E-state index contributed by atoms with van der Waals surface area (Å²) in [6.07, 6.45) is 4.33. The van der Waals surface area contributed by atoms with Crippen LogP contribution in [0.15, 0.2) is 48.5 Å². The summed E-state index contributed by atoms with van der Waals surface area (Å²) in [6, 6.07) is 17.1. The molecule has 198 valence electrons. The summed E-state index contributed by atoms with van der Waals surface area (Å²) >= 11 is 0. The molecule has 2 amide bonds. The molecule has 0 saturated heterocycles.